The Morgan fingerprint density at radius 2 is 1.92 bits per heavy atom. The molecule has 1 unspecified atom stereocenters. The molecule has 0 saturated heterocycles. The minimum absolute atomic E-state index is 0.111. The Morgan fingerprint density at radius 3 is 2.46 bits per heavy atom. The topological polar surface area (TPSA) is 94.4 Å². The van der Waals surface area contributed by atoms with Crippen LogP contribution in [-0.4, -0.2) is 25.6 Å². The number of oxazole rings is 1. The van der Waals surface area contributed by atoms with Crippen molar-refractivity contribution in [1.82, 2.24) is 15.1 Å². The fourth-order valence-electron chi connectivity index (χ4n) is 1.79. The largest absolute Gasteiger partial charge is 0.471 e. The van der Waals surface area contributed by atoms with Crippen molar-refractivity contribution in [3.63, 3.8) is 0 Å². The average molecular weight is 358 g/mol. The van der Waals surface area contributed by atoms with Crippen molar-refractivity contribution in [2.75, 3.05) is 6.26 Å². The van der Waals surface area contributed by atoms with Crippen molar-refractivity contribution < 1.29 is 26.3 Å². The predicted molar refractivity (Wildman–Crippen MR) is 75.7 cm³/mol. The Kier molecular flexibility index (Phi) is 3.87. The van der Waals surface area contributed by atoms with E-state index < -0.39 is 21.8 Å². The minimum Gasteiger partial charge on any atom is -0.425 e. The van der Waals surface area contributed by atoms with Crippen LogP contribution in [0, 0.1) is 0 Å². The summed E-state index contributed by atoms with van der Waals surface area (Å²) in [6.07, 6.45) is -0.832. The lowest BCUT2D eigenvalue weighted by atomic mass is 10.2. The maximum atomic E-state index is 12.6. The summed E-state index contributed by atoms with van der Waals surface area (Å²) in [7, 11) is -2.80. The van der Waals surface area contributed by atoms with E-state index in [1.165, 1.54) is 36.7 Å². The van der Waals surface area contributed by atoms with Crippen molar-refractivity contribution in [1.29, 1.82) is 0 Å². The minimum atomic E-state index is -4.71. The summed E-state index contributed by atoms with van der Waals surface area (Å²) < 4.78 is 63.0. The van der Waals surface area contributed by atoms with Gasteiger partial charge in [-0.25, -0.2) is 9.19 Å². The molecule has 0 spiro atoms. The van der Waals surface area contributed by atoms with Crippen molar-refractivity contribution in [3.05, 3.63) is 42.7 Å². The summed E-state index contributed by atoms with van der Waals surface area (Å²) in [5.74, 6) is -1.54. The van der Waals surface area contributed by atoms with Crippen molar-refractivity contribution in [3.8, 4) is 11.4 Å². The van der Waals surface area contributed by atoms with Crippen LogP contribution in [0.1, 0.15) is 5.89 Å². The molecule has 7 nitrogen and oxygen atoms in total. The monoisotopic (exact) mass is 358 g/mol. The molecule has 1 atom stereocenters. The van der Waals surface area contributed by atoms with Gasteiger partial charge in [0, 0.05) is 16.7 Å². The Labute approximate surface area is 133 Å². The second kappa shape index (κ2) is 5.74. The molecule has 0 aliphatic heterocycles. The third-order valence-corrected chi connectivity index (χ3v) is 4.58. The lowest BCUT2D eigenvalue weighted by molar-refractivity contribution is -0.159. The highest BCUT2D eigenvalue weighted by atomic mass is 32.2. The zero-order chi connectivity index (χ0) is 17.4. The van der Waals surface area contributed by atoms with E-state index in [4.69, 9.17) is 4.42 Å². The predicted octanol–water partition coefficient (Wildman–Crippen LogP) is 3.53. The molecule has 24 heavy (non-hydrogen) atoms. The molecule has 1 aromatic carbocycles. The molecule has 2 heterocycles. The quantitative estimate of drug-likeness (QED) is 0.711. The van der Waals surface area contributed by atoms with Crippen LogP contribution in [0.5, 0.6) is 0 Å². The molecule has 2 aromatic heterocycles. The van der Waals surface area contributed by atoms with Crippen molar-refractivity contribution >= 4 is 15.6 Å². The molecule has 3 aromatic rings. The van der Waals surface area contributed by atoms with Crippen LogP contribution < -0.4 is 0 Å². The molecular formula is C13H9F3N4O3S. The molecule has 11 heteroatoms. The van der Waals surface area contributed by atoms with E-state index in [1.807, 2.05) is 0 Å². The summed E-state index contributed by atoms with van der Waals surface area (Å²) >= 11 is 0. The van der Waals surface area contributed by atoms with Gasteiger partial charge in [0.15, 0.2) is 6.39 Å². The fraction of sp³-hybridized carbons (Fsp3) is 0.154. The standard InChI is InChI=1S/C13H9F3N4O3S/c1-24(21,20-10-6-17-7-22-10)9-4-2-8(3-5-9)11-18-12(23-19-11)13(14,15)16/h2-7H,1H3. The summed E-state index contributed by atoms with van der Waals surface area (Å²) in [6, 6.07) is 5.78. The SMILES string of the molecule is CS(=O)(=Nc1cnco1)c1ccc(-c2noc(C(F)(F)F)n2)cc1. The Bertz CT molecular complexity index is 955. The normalized spacial score (nSPS) is 14.3. The molecule has 3 rings (SSSR count). The van der Waals surface area contributed by atoms with Gasteiger partial charge in [-0.3, -0.25) is 0 Å². The van der Waals surface area contributed by atoms with Crippen molar-refractivity contribution in [2.45, 2.75) is 11.1 Å². The number of nitrogens with zero attached hydrogens (tertiary/aromatic N) is 4. The number of aromatic nitrogens is 3. The first-order chi connectivity index (χ1) is 11.3. The second-order valence-corrected chi connectivity index (χ2v) is 6.94. The van der Waals surface area contributed by atoms with Crippen molar-refractivity contribution in [2.24, 2.45) is 4.36 Å². The lowest BCUT2D eigenvalue weighted by Gasteiger charge is -2.03. The van der Waals surface area contributed by atoms with Gasteiger partial charge < -0.3 is 8.94 Å². The van der Waals surface area contributed by atoms with Crippen LogP contribution in [0.4, 0.5) is 19.1 Å². The maximum absolute atomic E-state index is 12.6. The summed E-state index contributed by atoms with van der Waals surface area (Å²) in [4.78, 5) is 7.32. The van der Waals surface area contributed by atoms with E-state index in [9.17, 15) is 17.4 Å². The van der Waals surface area contributed by atoms with Crippen LogP contribution >= 0.6 is 0 Å². The highest BCUT2D eigenvalue weighted by molar-refractivity contribution is 7.93. The third-order valence-electron chi connectivity index (χ3n) is 2.90. The van der Waals surface area contributed by atoms with Gasteiger partial charge in [-0.2, -0.15) is 22.5 Å². The van der Waals surface area contributed by atoms with Gasteiger partial charge in [0.25, 0.3) is 0 Å². The van der Waals surface area contributed by atoms with Gasteiger partial charge in [0.1, 0.15) is 0 Å². The van der Waals surface area contributed by atoms with Crippen LogP contribution in [0.15, 0.2) is 55.1 Å². The first-order valence-corrected chi connectivity index (χ1v) is 8.30. The van der Waals surface area contributed by atoms with Crippen LogP contribution in [0.3, 0.4) is 0 Å². The fourth-order valence-corrected chi connectivity index (χ4v) is 2.97. The molecule has 0 bridgehead atoms. The van der Waals surface area contributed by atoms with Gasteiger partial charge in [0.05, 0.1) is 15.9 Å². The first-order valence-electron chi connectivity index (χ1n) is 6.38. The number of benzene rings is 1. The van der Waals surface area contributed by atoms with Gasteiger partial charge in [0.2, 0.25) is 11.7 Å². The van der Waals surface area contributed by atoms with Gasteiger partial charge in [-0.05, 0) is 24.3 Å². The highest BCUT2D eigenvalue weighted by Crippen LogP contribution is 2.29. The summed E-state index contributed by atoms with van der Waals surface area (Å²) in [5, 5.41) is 3.28. The van der Waals surface area contributed by atoms with E-state index in [0.29, 0.717) is 4.90 Å². The Morgan fingerprint density at radius 1 is 1.21 bits per heavy atom. The van der Waals surface area contributed by atoms with Gasteiger partial charge >= 0.3 is 12.1 Å². The molecule has 0 radical (unpaired) electrons. The van der Waals surface area contributed by atoms with E-state index in [2.05, 4.69) is 24.0 Å². The number of hydrogen-bond acceptors (Lipinski definition) is 7. The van der Waals surface area contributed by atoms with E-state index in [-0.39, 0.29) is 17.3 Å². The molecule has 0 fully saturated rings. The zero-order valence-corrected chi connectivity index (χ0v) is 12.8. The van der Waals surface area contributed by atoms with Gasteiger partial charge in [-0.1, -0.05) is 5.16 Å². The smallest absolute Gasteiger partial charge is 0.425 e. The molecular weight excluding hydrogens is 349 g/mol. The molecule has 126 valence electrons. The number of halogens is 3. The highest BCUT2D eigenvalue weighted by Gasteiger charge is 2.38. The molecule has 0 saturated carbocycles. The van der Waals surface area contributed by atoms with E-state index >= 15 is 0 Å². The molecule has 0 N–H and O–H groups in total. The zero-order valence-electron chi connectivity index (χ0n) is 12.0. The number of alkyl halides is 3. The third kappa shape index (κ3) is 3.30. The summed E-state index contributed by atoms with van der Waals surface area (Å²) in [5.41, 5.74) is 0.285. The maximum Gasteiger partial charge on any atom is 0.471 e. The van der Waals surface area contributed by atoms with Gasteiger partial charge in [-0.15, -0.1) is 0 Å². The first kappa shape index (κ1) is 16.2. The van der Waals surface area contributed by atoms with Crippen LogP contribution in [0.2, 0.25) is 0 Å². The molecule has 0 aliphatic rings. The summed E-state index contributed by atoms with van der Waals surface area (Å²) in [6.45, 7) is 0. The number of hydrogen-bond donors (Lipinski definition) is 0. The average Bonchev–Trinajstić information content (AvgIpc) is 3.17. The second-order valence-electron chi connectivity index (χ2n) is 4.68. The van der Waals surface area contributed by atoms with Crippen LogP contribution in [-0.2, 0) is 15.9 Å². The number of rotatable bonds is 3. The Balaban J connectivity index is 1.91. The lowest BCUT2D eigenvalue weighted by Crippen LogP contribution is -2.04. The van der Waals surface area contributed by atoms with Crippen LogP contribution in [0.25, 0.3) is 11.4 Å². The van der Waals surface area contributed by atoms with E-state index in [1.54, 1.807) is 0 Å². The Hall–Kier alpha value is -2.69. The molecule has 0 amide bonds. The van der Waals surface area contributed by atoms with E-state index in [0.717, 1.165) is 6.39 Å². The molecule has 0 aliphatic carbocycles.